The molecule has 2 fully saturated rings. The lowest BCUT2D eigenvalue weighted by Crippen LogP contribution is -2.49. The molecule has 7 atom stereocenters. The number of allylic oxidation sites excluding steroid dienone is 4. The molecule has 0 saturated heterocycles. The first-order chi connectivity index (χ1) is 14.6. The van der Waals surface area contributed by atoms with Gasteiger partial charge in [0, 0.05) is 13.3 Å². The number of ether oxygens (including phenoxy) is 1. The highest BCUT2D eigenvalue weighted by atomic mass is 16.5. The van der Waals surface area contributed by atoms with Gasteiger partial charge in [0.25, 0.3) is 0 Å². The minimum Gasteiger partial charge on any atom is -0.431 e. The Bertz CT molecular complexity index is 746. The summed E-state index contributed by atoms with van der Waals surface area (Å²) in [6.45, 7) is 14.0. The summed E-state index contributed by atoms with van der Waals surface area (Å²) in [6.07, 6.45) is 17.9. The topological polar surface area (TPSA) is 26.3 Å². The maximum absolute atomic E-state index is 11.4. The van der Waals surface area contributed by atoms with Gasteiger partial charge in [0.1, 0.15) is 5.76 Å². The van der Waals surface area contributed by atoms with E-state index in [0.717, 1.165) is 54.1 Å². The fourth-order valence-electron chi connectivity index (χ4n) is 8.59. The lowest BCUT2D eigenvalue weighted by atomic mass is 9.47. The molecule has 2 saturated carbocycles. The van der Waals surface area contributed by atoms with Gasteiger partial charge in [0.05, 0.1) is 0 Å². The predicted octanol–water partition coefficient (Wildman–Crippen LogP) is 8.08. The molecule has 0 aromatic carbocycles. The molecule has 0 heterocycles. The molecule has 0 aliphatic heterocycles. The number of carbonyl (C=O) groups is 1. The molecular weight excluding hydrogens is 380 g/mol. The summed E-state index contributed by atoms with van der Waals surface area (Å²) < 4.78 is 5.48. The summed E-state index contributed by atoms with van der Waals surface area (Å²) in [5, 5.41) is 0. The Labute approximate surface area is 191 Å². The Kier molecular flexibility index (Phi) is 6.50. The number of carbonyl (C=O) groups excluding carboxylic acids is 1. The van der Waals surface area contributed by atoms with Crippen molar-refractivity contribution < 1.29 is 9.53 Å². The Morgan fingerprint density at radius 2 is 1.87 bits per heavy atom. The zero-order valence-electron chi connectivity index (χ0n) is 21.0. The van der Waals surface area contributed by atoms with Gasteiger partial charge in [-0.3, -0.25) is 4.79 Å². The number of esters is 1. The van der Waals surface area contributed by atoms with Gasteiger partial charge in [0.15, 0.2) is 0 Å². The normalized spacial score (nSPS) is 40.4. The molecule has 174 valence electrons. The second kappa shape index (κ2) is 8.71. The van der Waals surface area contributed by atoms with Crippen LogP contribution in [-0.2, 0) is 9.53 Å². The van der Waals surface area contributed by atoms with Crippen molar-refractivity contribution in [2.45, 2.75) is 106 Å². The van der Waals surface area contributed by atoms with Crippen LogP contribution in [0.5, 0.6) is 0 Å². The molecule has 31 heavy (non-hydrogen) atoms. The van der Waals surface area contributed by atoms with Gasteiger partial charge in [-0.15, -0.1) is 0 Å². The monoisotopic (exact) mass is 426 g/mol. The van der Waals surface area contributed by atoms with Gasteiger partial charge in [-0.1, -0.05) is 60.0 Å². The summed E-state index contributed by atoms with van der Waals surface area (Å²) >= 11 is 0. The molecule has 4 rings (SSSR count). The Morgan fingerprint density at radius 1 is 1.10 bits per heavy atom. The second-order valence-corrected chi connectivity index (χ2v) is 12.4. The van der Waals surface area contributed by atoms with Crippen LogP contribution in [0.15, 0.2) is 23.5 Å². The highest BCUT2D eigenvalue weighted by Gasteiger charge is 2.58. The van der Waals surface area contributed by atoms with E-state index in [-0.39, 0.29) is 11.4 Å². The number of hydrogen-bond acceptors (Lipinski definition) is 2. The average molecular weight is 427 g/mol. The van der Waals surface area contributed by atoms with E-state index >= 15 is 0 Å². The Balaban J connectivity index is 1.50. The van der Waals surface area contributed by atoms with Crippen molar-refractivity contribution in [1.82, 2.24) is 0 Å². The van der Waals surface area contributed by atoms with E-state index in [2.05, 4.69) is 46.8 Å². The van der Waals surface area contributed by atoms with E-state index in [1.807, 2.05) is 0 Å². The third-order valence-corrected chi connectivity index (χ3v) is 10.2. The fourth-order valence-corrected chi connectivity index (χ4v) is 8.59. The molecule has 2 nitrogen and oxygen atoms in total. The predicted molar refractivity (Wildman–Crippen MR) is 128 cm³/mol. The molecule has 0 spiro atoms. The standard InChI is InChI=1S/C29H46O2/c1-19(2)8-7-9-20(3)25-12-13-26-24-11-10-22-18-23(31-21(4)30)14-16-28(22,5)27(24)15-17-29(25,26)6/h10,18-20,24-27H,7-9,11-17H2,1-6H3/t20-,24+,25+,26+,27+,28+,29-/m1/s1. The van der Waals surface area contributed by atoms with Crippen molar-refractivity contribution in [2.75, 3.05) is 0 Å². The number of fused-ring (bicyclic) bond motifs is 5. The minimum absolute atomic E-state index is 0.183. The lowest BCUT2D eigenvalue weighted by molar-refractivity contribution is -0.137. The maximum atomic E-state index is 11.4. The molecule has 0 radical (unpaired) electrons. The average Bonchev–Trinajstić information content (AvgIpc) is 3.05. The van der Waals surface area contributed by atoms with E-state index in [0.29, 0.717) is 5.41 Å². The number of rotatable bonds is 6. The van der Waals surface area contributed by atoms with Crippen LogP contribution >= 0.6 is 0 Å². The highest BCUT2D eigenvalue weighted by molar-refractivity contribution is 5.67. The summed E-state index contributed by atoms with van der Waals surface area (Å²) in [6, 6.07) is 0. The molecule has 0 bridgehead atoms. The number of hydrogen-bond donors (Lipinski definition) is 0. The third-order valence-electron chi connectivity index (χ3n) is 10.2. The van der Waals surface area contributed by atoms with Crippen molar-refractivity contribution in [2.24, 2.45) is 46.3 Å². The molecule has 2 heteroatoms. The van der Waals surface area contributed by atoms with Crippen molar-refractivity contribution >= 4 is 5.97 Å². The van der Waals surface area contributed by atoms with Crippen LogP contribution < -0.4 is 0 Å². The van der Waals surface area contributed by atoms with Crippen LogP contribution in [0, 0.1) is 46.3 Å². The molecule has 0 aromatic rings. The van der Waals surface area contributed by atoms with Gasteiger partial charge in [-0.05, 0) is 96.5 Å². The molecule has 0 unspecified atom stereocenters. The molecule has 4 aliphatic rings. The first kappa shape index (κ1) is 23.1. The van der Waals surface area contributed by atoms with Crippen LogP contribution in [0.3, 0.4) is 0 Å². The van der Waals surface area contributed by atoms with Crippen LogP contribution in [0.1, 0.15) is 106 Å². The van der Waals surface area contributed by atoms with Gasteiger partial charge in [-0.25, -0.2) is 0 Å². The smallest absolute Gasteiger partial charge is 0.307 e. The Hall–Kier alpha value is -1.05. The van der Waals surface area contributed by atoms with Crippen molar-refractivity contribution in [3.63, 3.8) is 0 Å². The van der Waals surface area contributed by atoms with Crippen molar-refractivity contribution in [3.8, 4) is 0 Å². The zero-order chi connectivity index (χ0) is 22.4. The molecule has 4 aliphatic carbocycles. The van der Waals surface area contributed by atoms with Crippen LogP contribution in [0.4, 0.5) is 0 Å². The first-order valence-corrected chi connectivity index (χ1v) is 13.2. The van der Waals surface area contributed by atoms with Crippen molar-refractivity contribution in [1.29, 1.82) is 0 Å². The van der Waals surface area contributed by atoms with E-state index in [1.165, 1.54) is 63.9 Å². The zero-order valence-corrected chi connectivity index (χ0v) is 21.0. The third kappa shape index (κ3) is 4.18. The van der Waals surface area contributed by atoms with Crippen LogP contribution in [0.25, 0.3) is 0 Å². The van der Waals surface area contributed by atoms with E-state index in [1.54, 1.807) is 0 Å². The van der Waals surface area contributed by atoms with Crippen LogP contribution in [0.2, 0.25) is 0 Å². The van der Waals surface area contributed by atoms with E-state index in [4.69, 9.17) is 4.74 Å². The summed E-state index contributed by atoms with van der Waals surface area (Å²) in [4.78, 5) is 11.4. The minimum atomic E-state index is -0.183. The van der Waals surface area contributed by atoms with E-state index < -0.39 is 0 Å². The van der Waals surface area contributed by atoms with Gasteiger partial charge in [-0.2, -0.15) is 0 Å². The van der Waals surface area contributed by atoms with Gasteiger partial charge in [0.2, 0.25) is 0 Å². The van der Waals surface area contributed by atoms with Gasteiger partial charge >= 0.3 is 5.97 Å². The molecule has 0 amide bonds. The first-order valence-electron chi connectivity index (χ1n) is 13.2. The van der Waals surface area contributed by atoms with Crippen molar-refractivity contribution in [3.05, 3.63) is 23.5 Å². The largest absolute Gasteiger partial charge is 0.431 e. The summed E-state index contributed by atoms with van der Waals surface area (Å²) in [5.41, 5.74) is 2.28. The quantitative estimate of drug-likeness (QED) is 0.401. The molecular formula is C29H46O2. The van der Waals surface area contributed by atoms with Crippen LogP contribution in [-0.4, -0.2) is 5.97 Å². The van der Waals surface area contributed by atoms with Gasteiger partial charge < -0.3 is 4.74 Å². The maximum Gasteiger partial charge on any atom is 0.307 e. The second-order valence-electron chi connectivity index (χ2n) is 12.4. The SMILES string of the molecule is CC(=O)OC1=CC2=CC[C@H]3[C@@H]4CC[C@@H]([C@H](C)CCCC(C)C)[C@@]4(C)CC[C@@H]3[C@@]2(C)CC1. The van der Waals surface area contributed by atoms with E-state index in [9.17, 15) is 4.79 Å². The molecule has 0 N–H and O–H groups in total. The fraction of sp³-hybridized carbons (Fsp3) is 0.828. The highest BCUT2D eigenvalue weighted by Crippen LogP contribution is 2.67. The summed E-state index contributed by atoms with van der Waals surface area (Å²) in [7, 11) is 0. The lowest BCUT2D eigenvalue weighted by Gasteiger charge is -2.57. The summed E-state index contributed by atoms with van der Waals surface area (Å²) in [5.74, 6) is 5.88. The Morgan fingerprint density at radius 3 is 2.58 bits per heavy atom. The molecule has 0 aromatic heterocycles.